The average molecular weight is 406 g/mol. The lowest BCUT2D eigenvalue weighted by Crippen LogP contribution is -1.80. The Hall–Kier alpha value is -2.89. The smallest absolute Gasteiger partial charge is 0.277 e. The standard InChI is InChI=1S/C22H16ClN3OS/c23-19-10-6-16(7-11-19)14-24-20-12-8-18(9-13-20)21-25-26-22(27-21)28-15-17-4-2-1-3-5-17/h1-14H,15H2. The van der Waals surface area contributed by atoms with Crippen molar-refractivity contribution in [3.63, 3.8) is 0 Å². The molecule has 0 N–H and O–H groups in total. The van der Waals surface area contributed by atoms with E-state index in [-0.39, 0.29) is 0 Å². The van der Waals surface area contributed by atoms with Crippen LogP contribution in [0.1, 0.15) is 11.1 Å². The van der Waals surface area contributed by atoms with Gasteiger partial charge in [-0.3, -0.25) is 4.99 Å². The first-order chi connectivity index (χ1) is 13.8. The highest BCUT2D eigenvalue weighted by Gasteiger charge is 2.09. The maximum absolute atomic E-state index is 5.89. The topological polar surface area (TPSA) is 51.3 Å². The monoisotopic (exact) mass is 405 g/mol. The lowest BCUT2D eigenvalue weighted by atomic mass is 10.2. The zero-order chi connectivity index (χ0) is 19.2. The second kappa shape index (κ2) is 8.87. The van der Waals surface area contributed by atoms with Gasteiger partial charge in [0.1, 0.15) is 0 Å². The number of hydrogen-bond donors (Lipinski definition) is 0. The molecule has 4 aromatic rings. The number of thioether (sulfide) groups is 1. The summed E-state index contributed by atoms with van der Waals surface area (Å²) in [6, 6.07) is 25.4. The van der Waals surface area contributed by atoms with Crippen molar-refractivity contribution in [2.24, 2.45) is 4.99 Å². The van der Waals surface area contributed by atoms with Crippen molar-refractivity contribution >= 4 is 35.3 Å². The van der Waals surface area contributed by atoms with Crippen LogP contribution in [0.5, 0.6) is 0 Å². The Morgan fingerprint density at radius 2 is 1.64 bits per heavy atom. The Bertz CT molecular complexity index is 1060. The molecule has 0 saturated carbocycles. The van der Waals surface area contributed by atoms with Crippen LogP contribution in [0.25, 0.3) is 11.5 Å². The van der Waals surface area contributed by atoms with E-state index in [1.54, 1.807) is 6.21 Å². The number of nitrogens with zero attached hydrogens (tertiary/aromatic N) is 3. The van der Waals surface area contributed by atoms with Crippen LogP contribution in [0, 0.1) is 0 Å². The van der Waals surface area contributed by atoms with Gasteiger partial charge in [-0.25, -0.2) is 0 Å². The summed E-state index contributed by atoms with van der Waals surface area (Å²) in [7, 11) is 0. The van der Waals surface area contributed by atoms with Crippen molar-refractivity contribution in [3.8, 4) is 11.5 Å². The molecule has 4 rings (SSSR count). The second-order valence-electron chi connectivity index (χ2n) is 6.00. The highest BCUT2D eigenvalue weighted by Crippen LogP contribution is 2.27. The van der Waals surface area contributed by atoms with Gasteiger partial charge in [0.25, 0.3) is 5.22 Å². The maximum Gasteiger partial charge on any atom is 0.277 e. The molecule has 0 radical (unpaired) electrons. The van der Waals surface area contributed by atoms with E-state index < -0.39 is 0 Å². The maximum atomic E-state index is 5.89. The fraction of sp³-hybridized carbons (Fsp3) is 0.0455. The fourth-order valence-electron chi connectivity index (χ4n) is 2.49. The van der Waals surface area contributed by atoms with Crippen molar-refractivity contribution in [3.05, 3.63) is 95.0 Å². The van der Waals surface area contributed by atoms with Gasteiger partial charge in [0, 0.05) is 22.6 Å². The van der Waals surface area contributed by atoms with Crippen LogP contribution in [0.4, 0.5) is 5.69 Å². The molecule has 0 spiro atoms. The number of rotatable bonds is 6. The molecule has 0 unspecified atom stereocenters. The van der Waals surface area contributed by atoms with Crippen LogP contribution >= 0.6 is 23.4 Å². The minimum atomic E-state index is 0.504. The zero-order valence-electron chi connectivity index (χ0n) is 14.8. The van der Waals surface area contributed by atoms with Gasteiger partial charge in [0.2, 0.25) is 5.89 Å². The fourth-order valence-corrected chi connectivity index (χ4v) is 3.34. The number of benzene rings is 3. The van der Waals surface area contributed by atoms with Crippen LogP contribution in [0.3, 0.4) is 0 Å². The molecule has 0 saturated heterocycles. The molecule has 0 aliphatic carbocycles. The highest BCUT2D eigenvalue weighted by atomic mass is 35.5. The van der Waals surface area contributed by atoms with Crippen LogP contribution in [-0.4, -0.2) is 16.4 Å². The van der Waals surface area contributed by atoms with E-state index in [1.807, 2.05) is 66.7 Å². The van der Waals surface area contributed by atoms with Gasteiger partial charge < -0.3 is 4.42 Å². The molecular formula is C22H16ClN3OS. The molecule has 0 amide bonds. The van der Waals surface area contributed by atoms with E-state index in [4.69, 9.17) is 16.0 Å². The Kier molecular flexibility index (Phi) is 5.85. The van der Waals surface area contributed by atoms with Crippen molar-refractivity contribution in [1.82, 2.24) is 10.2 Å². The van der Waals surface area contributed by atoms with Crippen LogP contribution in [-0.2, 0) is 5.75 Å². The minimum Gasteiger partial charge on any atom is -0.411 e. The molecule has 0 atom stereocenters. The van der Waals surface area contributed by atoms with Crippen LogP contribution in [0.2, 0.25) is 5.02 Å². The Labute approximate surface area is 172 Å². The summed E-state index contributed by atoms with van der Waals surface area (Å²) in [5, 5.41) is 9.53. The Balaban J connectivity index is 1.40. The molecule has 1 heterocycles. The van der Waals surface area contributed by atoms with Gasteiger partial charge in [-0.2, -0.15) is 0 Å². The van der Waals surface area contributed by atoms with E-state index in [9.17, 15) is 0 Å². The summed E-state index contributed by atoms with van der Waals surface area (Å²) in [6.07, 6.45) is 1.80. The molecule has 3 aromatic carbocycles. The minimum absolute atomic E-state index is 0.504. The van der Waals surface area contributed by atoms with Crippen molar-refractivity contribution in [2.75, 3.05) is 0 Å². The summed E-state index contributed by atoms with van der Waals surface area (Å²) in [5.74, 6) is 1.30. The van der Waals surface area contributed by atoms with Gasteiger partial charge in [-0.1, -0.05) is 65.8 Å². The summed E-state index contributed by atoms with van der Waals surface area (Å²) in [5.41, 5.74) is 3.92. The van der Waals surface area contributed by atoms with Gasteiger partial charge in [-0.05, 0) is 47.5 Å². The predicted molar refractivity (Wildman–Crippen MR) is 114 cm³/mol. The first kappa shape index (κ1) is 18.5. The van der Waals surface area contributed by atoms with Crippen LogP contribution in [0.15, 0.2) is 93.5 Å². The van der Waals surface area contributed by atoms with Crippen molar-refractivity contribution in [1.29, 1.82) is 0 Å². The zero-order valence-corrected chi connectivity index (χ0v) is 16.4. The third-order valence-electron chi connectivity index (χ3n) is 3.96. The molecule has 0 fully saturated rings. The van der Waals surface area contributed by atoms with E-state index >= 15 is 0 Å². The Morgan fingerprint density at radius 1 is 0.893 bits per heavy atom. The molecule has 1 aromatic heterocycles. The highest BCUT2D eigenvalue weighted by molar-refractivity contribution is 7.98. The normalized spacial score (nSPS) is 11.2. The Morgan fingerprint density at radius 3 is 2.39 bits per heavy atom. The van der Waals surface area contributed by atoms with Gasteiger partial charge in [0.15, 0.2) is 0 Å². The molecular weight excluding hydrogens is 390 g/mol. The molecule has 0 aliphatic rings. The number of aliphatic imine (C=N–C) groups is 1. The number of hydrogen-bond acceptors (Lipinski definition) is 5. The SMILES string of the molecule is Clc1ccc(C=Nc2ccc(-c3nnc(SCc4ccccc4)o3)cc2)cc1. The van der Waals surface area contributed by atoms with E-state index in [0.717, 1.165) is 22.6 Å². The molecule has 28 heavy (non-hydrogen) atoms. The molecule has 6 heteroatoms. The largest absolute Gasteiger partial charge is 0.411 e. The van der Waals surface area contributed by atoms with Gasteiger partial charge >= 0.3 is 0 Å². The first-order valence-corrected chi connectivity index (χ1v) is 10.0. The van der Waals surface area contributed by atoms with Crippen molar-refractivity contribution in [2.45, 2.75) is 11.0 Å². The summed E-state index contributed by atoms with van der Waals surface area (Å²) in [6.45, 7) is 0. The number of halogens is 1. The average Bonchev–Trinajstić information content (AvgIpc) is 3.22. The van der Waals surface area contributed by atoms with Crippen molar-refractivity contribution < 1.29 is 4.42 Å². The van der Waals surface area contributed by atoms with E-state index in [0.29, 0.717) is 16.1 Å². The summed E-state index contributed by atoms with van der Waals surface area (Å²) >= 11 is 7.42. The predicted octanol–water partition coefficient (Wildman–Crippen LogP) is 6.43. The van der Waals surface area contributed by atoms with Crippen LogP contribution < -0.4 is 0 Å². The molecule has 138 valence electrons. The van der Waals surface area contributed by atoms with Gasteiger partial charge in [-0.15, -0.1) is 10.2 Å². The lowest BCUT2D eigenvalue weighted by Gasteiger charge is -1.98. The third kappa shape index (κ3) is 4.88. The van der Waals surface area contributed by atoms with E-state index in [1.165, 1.54) is 17.3 Å². The molecule has 0 aliphatic heterocycles. The lowest BCUT2D eigenvalue weighted by molar-refractivity contribution is 0.466. The first-order valence-electron chi connectivity index (χ1n) is 8.66. The van der Waals surface area contributed by atoms with E-state index in [2.05, 4.69) is 27.3 Å². The number of aromatic nitrogens is 2. The van der Waals surface area contributed by atoms with Gasteiger partial charge in [0.05, 0.1) is 5.69 Å². The third-order valence-corrected chi connectivity index (χ3v) is 5.10. The second-order valence-corrected chi connectivity index (χ2v) is 7.37. The summed E-state index contributed by atoms with van der Waals surface area (Å²) < 4.78 is 5.76. The summed E-state index contributed by atoms with van der Waals surface area (Å²) in [4.78, 5) is 4.47. The molecule has 4 nitrogen and oxygen atoms in total. The molecule has 0 bridgehead atoms. The quantitative estimate of drug-likeness (QED) is 0.274.